The van der Waals surface area contributed by atoms with Crippen molar-refractivity contribution in [1.29, 1.82) is 0 Å². The zero-order valence-corrected chi connectivity index (χ0v) is 10.5. The summed E-state index contributed by atoms with van der Waals surface area (Å²) in [6.45, 7) is 6.08. The van der Waals surface area contributed by atoms with E-state index in [1.54, 1.807) is 6.07 Å². The van der Waals surface area contributed by atoms with Crippen LogP contribution in [0.5, 0.6) is 0 Å². The second-order valence-electron chi connectivity index (χ2n) is 3.95. The van der Waals surface area contributed by atoms with Gasteiger partial charge in [-0.25, -0.2) is 4.98 Å². The Kier molecular flexibility index (Phi) is 3.88. The molecule has 0 atom stereocenters. The maximum Gasteiger partial charge on any atom is 0.257 e. The van der Waals surface area contributed by atoms with Crippen molar-refractivity contribution in [3.05, 3.63) is 23.5 Å². The smallest absolute Gasteiger partial charge is 0.257 e. The first kappa shape index (κ1) is 12.5. The second kappa shape index (κ2) is 5.59. The number of likely N-dealkylation sites (N-methyl/N-ethyl adjacent to an activating group) is 1. The van der Waals surface area contributed by atoms with Crippen molar-refractivity contribution in [2.75, 3.05) is 19.6 Å². The van der Waals surface area contributed by atoms with Gasteiger partial charge in [-0.2, -0.15) is 0 Å². The Morgan fingerprint density at radius 3 is 3.06 bits per heavy atom. The van der Waals surface area contributed by atoms with Gasteiger partial charge >= 0.3 is 0 Å². The molecule has 0 unspecified atom stereocenters. The molecular formula is C12H16N4O2. The summed E-state index contributed by atoms with van der Waals surface area (Å²) in [5.41, 5.74) is 1.71. The number of aromatic nitrogens is 2. The number of hydrogen-bond acceptors (Lipinski definition) is 5. The number of nitrogens with one attached hydrogen (secondary N) is 2. The molecule has 0 saturated heterocycles. The number of fused-ring (bicyclic) bond motifs is 1. The average Bonchev–Trinajstić information content (AvgIpc) is 2.76. The van der Waals surface area contributed by atoms with Crippen molar-refractivity contribution in [1.82, 2.24) is 20.8 Å². The molecule has 0 radical (unpaired) electrons. The zero-order valence-electron chi connectivity index (χ0n) is 10.5. The maximum atomic E-state index is 11.9. The quantitative estimate of drug-likeness (QED) is 0.767. The summed E-state index contributed by atoms with van der Waals surface area (Å²) in [6, 6.07) is 1.75. The number of amides is 1. The van der Waals surface area contributed by atoms with E-state index in [-0.39, 0.29) is 5.91 Å². The van der Waals surface area contributed by atoms with E-state index < -0.39 is 0 Å². The van der Waals surface area contributed by atoms with E-state index >= 15 is 0 Å². The van der Waals surface area contributed by atoms with Crippen LogP contribution in [0.1, 0.15) is 23.0 Å². The minimum atomic E-state index is -0.136. The van der Waals surface area contributed by atoms with Gasteiger partial charge in [-0.05, 0) is 19.5 Å². The van der Waals surface area contributed by atoms with Crippen molar-refractivity contribution in [3.8, 4) is 0 Å². The highest BCUT2D eigenvalue weighted by Gasteiger charge is 2.10. The minimum absolute atomic E-state index is 0.136. The van der Waals surface area contributed by atoms with Gasteiger partial charge in [-0.1, -0.05) is 12.1 Å². The molecule has 96 valence electrons. The van der Waals surface area contributed by atoms with Crippen LogP contribution in [0.2, 0.25) is 0 Å². The number of pyridine rings is 1. The van der Waals surface area contributed by atoms with Gasteiger partial charge in [0, 0.05) is 19.3 Å². The first-order valence-electron chi connectivity index (χ1n) is 5.93. The van der Waals surface area contributed by atoms with Crippen LogP contribution < -0.4 is 10.6 Å². The fourth-order valence-corrected chi connectivity index (χ4v) is 1.61. The topological polar surface area (TPSA) is 80.0 Å². The van der Waals surface area contributed by atoms with Crippen molar-refractivity contribution in [2.24, 2.45) is 0 Å². The first-order valence-corrected chi connectivity index (χ1v) is 5.93. The van der Waals surface area contributed by atoms with Gasteiger partial charge in [-0.15, -0.1) is 0 Å². The third-order valence-corrected chi connectivity index (χ3v) is 2.61. The number of aryl methyl sites for hydroxylation is 1. The third-order valence-electron chi connectivity index (χ3n) is 2.61. The van der Waals surface area contributed by atoms with E-state index in [4.69, 9.17) is 4.52 Å². The molecule has 6 nitrogen and oxygen atoms in total. The molecule has 0 fully saturated rings. The molecule has 0 aromatic carbocycles. The molecular weight excluding hydrogens is 232 g/mol. The van der Waals surface area contributed by atoms with E-state index in [1.165, 1.54) is 6.20 Å². The van der Waals surface area contributed by atoms with E-state index in [9.17, 15) is 4.79 Å². The van der Waals surface area contributed by atoms with E-state index in [0.29, 0.717) is 17.8 Å². The van der Waals surface area contributed by atoms with Crippen LogP contribution in [0.15, 0.2) is 16.8 Å². The SMILES string of the molecule is CCNCCNC(=O)c1cnc2onc(C)c2c1. The normalized spacial score (nSPS) is 10.8. The molecule has 6 heteroatoms. The molecule has 0 spiro atoms. The summed E-state index contributed by atoms with van der Waals surface area (Å²) >= 11 is 0. The van der Waals surface area contributed by atoms with Crippen LogP contribution in [-0.2, 0) is 0 Å². The molecule has 0 aliphatic rings. The molecule has 2 aromatic rings. The lowest BCUT2D eigenvalue weighted by atomic mass is 10.2. The predicted molar refractivity (Wildman–Crippen MR) is 67.4 cm³/mol. The van der Waals surface area contributed by atoms with Crippen molar-refractivity contribution in [2.45, 2.75) is 13.8 Å². The third kappa shape index (κ3) is 2.65. The molecule has 0 bridgehead atoms. The largest absolute Gasteiger partial charge is 0.351 e. The van der Waals surface area contributed by atoms with E-state index in [2.05, 4.69) is 20.8 Å². The predicted octanol–water partition coefficient (Wildman–Crippen LogP) is 0.871. The Balaban J connectivity index is 2.05. The van der Waals surface area contributed by atoms with Gasteiger partial charge in [0.1, 0.15) is 0 Å². The fraction of sp³-hybridized carbons (Fsp3) is 0.417. The van der Waals surface area contributed by atoms with Crippen LogP contribution >= 0.6 is 0 Å². The van der Waals surface area contributed by atoms with Gasteiger partial charge in [-0.3, -0.25) is 4.79 Å². The van der Waals surface area contributed by atoms with Crippen LogP contribution in [0.25, 0.3) is 11.1 Å². The number of rotatable bonds is 5. The Morgan fingerprint density at radius 1 is 1.44 bits per heavy atom. The highest BCUT2D eigenvalue weighted by Crippen LogP contribution is 2.16. The van der Waals surface area contributed by atoms with Crippen molar-refractivity contribution >= 4 is 17.0 Å². The molecule has 2 N–H and O–H groups in total. The molecule has 1 amide bonds. The van der Waals surface area contributed by atoms with Gasteiger partial charge in [0.2, 0.25) is 0 Å². The molecule has 0 aliphatic heterocycles. The summed E-state index contributed by atoms with van der Waals surface area (Å²) in [5.74, 6) is -0.136. The number of carbonyl (C=O) groups is 1. The molecule has 2 aromatic heterocycles. The number of carbonyl (C=O) groups excluding carboxylic acids is 1. The highest BCUT2D eigenvalue weighted by molar-refractivity contribution is 5.96. The van der Waals surface area contributed by atoms with Crippen LogP contribution in [0.4, 0.5) is 0 Å². The fourth-order valence-electron chi connectivity index (χ4n) is 1.61. The number of nitrogens with zero attached hydrogens (tertiary/aromatic N) is 2. The maximum absolute atomic E-state index is 11.9. The Hall–Kier alpha value is -1.95. The van der Waals surface area contributed by atoms with Crippen LogP contribution in [0.3, 0.4) is 0 Å². The lowest BCUT2D eigenvalue weighted by Gasteiger charge is -2.05. The van der Waals surface area contributed by atoms with E-state index in [0.717, 1.165) is 24.2 Å². The Morgan fingerprint density at radius 2 is 2.28 bits per heavy atom. The average molecular weight is 248 g/mol. The van der Waals surface area contributed by atoms with Gasteiger partial charge in [0.05, 0.1) is 16.6 Å². The van der Waals surface area contributed by atoms with Crippen molar-refractivity contribution < 1.29 is 9.32 Å². The van der Waals surface area contributed by atoms with Crippen LogP contribution in [-0.4, -0.2) is 35.7 Å². The van der Waals surface area contributed by atoms with E-state index in [1.807, 2.05) is 13.8 Å². The van der Waals surface area contributed by atoms with Crippen molar-refractivity contribution in [3.63, 3.8) is 0 Å². The number of hydrogen-bond donors (Lipinski definition) is 2. The first-order chi connectivity index (χ1) is 8.72. The monoisotopic (exact) mass is 248 g/mol. The summed E-state index contributed by atoms with van der Waals surface area (Å²) in [7, 11) is 0. The molecule has 0 aliphatic carbocycles. The summed E-state index contributed by atoms with van der Waals surface area (Å²) < 4.78 is 4.99. The standard InChI is InChI=1S/C12H16N4O2/c1-3-13-4-5-14-11(17)9-6-10-8(2)16-18-12(10)15-7-9/h6-7,13H,3-5H2,1-2H3,(H,14,17). The van der Waals surface area contributed by atoms with Crippen LogP contribution in [0, 0.1) is 6.92 Å². The summed E-state index contributed by atoms with van der Waals surface area (Å²) in [5, 5.41) is 10.5. The van der Waals surface area contributed by atoms with Gasteiger partial charge in [0.25, 0.3) is 11.6 Å². The highest BCUT2D eigenvalue weighted by atomic mass is 16.5. The summed E-state index contributed by atoms with van der Waals surface area (Å²) in [4.78, 5) is 15.9. The Bertz CT molecular complexity index is 550. The minimum Gasteiger partial charge on any atom is -0.351 e. The molecule has 2 rings (SSSR count). The summed E-state index contributed by atoms with van der Waals surface area (Å²) in [6.07, 6.45) is 1.50. The molecule has 18 heavy (non-hydrogen) atoms. The lowest BCUT2D eigenvalue weighted by molar-refractivity contribution is 0.0954. The zero-order chi connectivity index (χ0) is 13.0. The molecule has 2 heterocycles. The lowest BCUT2D eigenvalue weighted by Crippen LogP contribution is -2.31. The van der Waals surface area contributed by atoms with Gasteiger partial charge in [0.15, 0.2) is 0 Å². The molecule has 0 saturated carbocycles. The second-order valence-corrected chi connectivity index (χ2v) is 3.95. The Labute approximate surface area is 105 Å². The van der Waals surface area contributed by atoms with Gasteiger partial charge < -0.3 is 15.2 Å².